The molecular weight excluding hydrogens is 228 g/mol. The molecule has 0 spiro atoms. The van der Waals surface area contributed by atoms with Crippen LogP contribution in [0.4, 0.5) is 5.82 Å². The lowest BCUT2D eigenvalue weighted by molar-refractivity contribution is 0.271. The molecule has 1 aromatic rings. The van der Waals surface area contributed by atoms with Gasteiger partial charge in [0.25, 0.3) is 0 Å². The molecule has 0 fully saturated rings. The highest BCUT2D eigenvalue weighted by atomic mass is 16.5. The summed E-state index contributed by atoms with van der Waals surface area (Å²) in [5.41, 5.74) is 0.979. The van der Waals surface area contributed by atoms with Crippen LogP contribution in [0.5, 0.6) is 5.88 Å². The molecule has 0 aliphatic heterocycles. The van der Waals surface area contributed by atoms with Gasteiger partial charge < -0.3 is 15.0 Å². The van der Waals surface area contributed by atoms with Crippen LogP contribution in [0, 0.1) is 13.8 Å². The topological polar surface area (TPSA) is 50.3 Å². The van der Waals surface area contributed by atoms with E-state index in [0.717, 1.165) is 36.7 Å². The van der Waals surface area contributed by atoms with Crippen LogP contribution in [0.1, 0.15) is 24.7 Å². The maximum absolute atomic E-state index is 5.74. The first-order chi connectivity index (χ1) is 8.54. The van der Waals surface area contributed by atoms with E-state index >= 15 is 0 Å². The molecule has 5 heteroatoms. The van der Waals surface area contributed by atoms with E-state index < -0.39 is 0 Å². The molecule has 0 saturated carbocycles. The van der Waals surface area contributed by atoms with Crippen LogP contribution < -0.4 is 10.1 Å². The van der Waals surface area contributed by atoms with Gasteiger partial charge in [0.1, 0.15) is 11.6 Å². The lowest BCUT2D eigenvalue weighted by atomic mass is 10.3. The Morgan fingerprint density at radius 2 is 1.94 bits per heavy atom. The molecule has 0 aromatic carbocycles. The van der Waals surface area contributed by atoms with Crippen LogP contribution >= 0.6 is 0 Å². The largest absolute Gasteiger partial charge is 0.477 e. The quantitative estimate of drug-likeness (QED) is 0.751. The second kappa shape index (κ2) is 7.16. The molecule has 0 bridgehead atoms. The van der Waals surface area contributed by atoms with Gasteiger partial charge in [-0.1, -0.05) is 0 Å². The molecular formula is C13H24N4O. The fraction of sp³-hybridized carbons (Fsp3) is 0.692. The third-order valence-corrected chi connectivity index (χ3v) is 2.55. The Morgan fingerprint density at radius 3 is 2.56 bits per heavy atom. The Bertz CT molecular complexity index is 379. The van der Waals surface area contributed by atoms with Crippen LogP contribution in [0.15, 0.2) is 0 Å². The van der Waals surface area contributed by atoms with Gasteiger partial charge in [-0.3, -0.25) is 0 Å². The highest BCUT2D eigenvalue weighted by Crippen LogP contribution is 2.21. The van der Waals surface area contributed by atoms with Crippen molar-refractivity contribution in [3.63, 3.8) is 0 Å². The van der Waals surface area contributed by atoms with Crippen LogP contribution in [0.25, 0.3) is 0 Å². The molecule has 0 unspecified atom stereocenters. The highest BCUT2D eigenvalue weighted by Gasteiger charge is 2.09. The smallest absolute Gasteiger partial charge is 0.221 e. The van der Waals surface area contributed by atoms with E-state index in [0.29, 0.717) is 12.5 Å². The number of hydrogen-bond donors (Lipinski definition) is 1. The first-order valence-corrected chi connectivity index (χ1v) is 6.41. The average molecular weight is 252 g/mol. The molecule has 0 aliphatic carbocycles. The second-order valence-electron chi connectivity index (χ2n) is 4.59. The minimum absolute atomic E-state index is 0.682. The van der Waals surface area contributed by atoms with Crippen molar-refractivity contribution in [1.82, 2.24) is 14.9 Å². The van der Waals surface area contributed by atoms with Gasteiger partial charge in [-0.05, 0) is 41.3 Å². The van der Waals surface area contributed by atoms with E-state index in [4.69, 9.17) is 4.74 Å². The van der Waals surface area contributed by atoms with Crippen LogP contribution in [-0.4, -0.2) is 48.7 Å². The Hall–Kier alpha value is -1.36. The average Bonchev–Trinajstić information content (AvgIpc) is 2.30. The summed E-state index contributed by atoms with van der Waals surface area (Å²) in [5, 5.41) is 3.23. The monoisotopic (exact) mass is 252 g/mol. The maximum Gasteiger partial charge on any atom is 0.221 e. The predicted octanol–water partition coefficient (Wildman–Crippen LogP) is 1.86. The van der Waals surface area contributed by atoms with E-state index in [9.17, 15) is 0 Å². The van der Waals surface area contributed by atoms with Crippen molar-refractivity contribution < 1.29 is 4.74 Å². The number of aromatic nitrogens is 2. The van der Waals surface area contributed by atoms with Gasteiger partial charge in [0.2, 0.25) is 5.88 Å². The summed E-state index contributed by atoms with van der Waals surface area (Å²) < 4.78 is 5.74. The van der Waals surface area contributed by atoms with Crippen molar-refractivity contribution in [3.8, 4) is 5.88 Å². The summed E-state index contributed by atoms with van der Waals surface area (Å²) >= 11 is 0. The van der Waals surface area contributed by atoms with E-state index in [1.807, 2.05) is 13.8 Å². The zero-order chi connectivity index (χ0) is 13.5. The van der Waals surface area contributed by atoms with E-state index in [-0.39, 0.29) is 0 Å². The third kappa shape index (κ3) is 4.49. The highest BCUT2D eigenvalue weighted by molar-refractivity contribution is 5.48. The lowest BCUT2D eigenvalue weighted by Crippen LogP contribution is -2.16. The zero-order valence-electron chi connectivity index (χ0n) is 12.1. The predicted molar refractivity (Wildman–Crippen MR) is 74.3 cm³/mol. The number of rotatable bonds is 7. The van der Waals surface area contributed by atoms with Crippen molar-refractivity contribution >= 4 is 5.82 Å². The number of hydrogen-bond acceptors (Lipinski definition) is 5. The summed E-state index contributed by atoms with van der Waals surface area (Å²) in [6, 6.07) is 0. The third-order valence-electron chi connectivity index (χ3n) is 2.55. The van der Waals surface area contributed by atoms with E-state index in [1.165, 1.54) is 0 Å². The molecule has 102 valence electrons. The molecule has 0 aliphatic rings. The second-order valence-corrected chi connectivity index (χ2v) is 4.59. The Labute approximate surface area is 110 Å². The molecule has 0 radical (unpaired) electrons. The summed E-state index contributed by atoms with van der Waals surface area (Å²) in [6.45, 7) is 8.46. The van der Waals surface area contributed by atoms with Crippen molar-refractivity contribution in [2.24, 2.45) is 0 Å². The molecule has 0 amide bonds. The van der Waals surface area contributed by atoms with E-state index in [1.54, 1.807) is 0 Å². The van der Waals surface area contributed by atoms with Crippen molar-refractivity contribution in [3.05, 3.63) is 11.4 Å². The zero-order valence-corrected chi connectivity index (χ0v) is 12.1. The maximum atomic E-state index is 5.74. The lowest BCUT2D eigenvalue weighted by Gasteiger charge is -2.14. The van der Waals surface area contributed by atoms with Crippen molar-refractivity contribution in [2.45, 2.75) is 27.2 Å². The number of anilines is 1. The van der Waals surface area contributed by atoms with Gasteiger partial charge in [0, 0.05) is 13.1 Å². The van der Waals surface area contributed by atoms with Gasteiger partial charge >= 0.3 is 0 Å². The summed E-state index contributed by atoms with van der Waals surface area (Å²) in [4.78, 5) is 10.9. The van der Waals surface area contributed by atoms with Crippen LogP contribution in [0.3, 0.4) is 0 Å². The van der Waals surface area contributed by atoms with Crippen LogP contribution in [0.2, 0.25) is 0 Å². The van der Waals surface area contributed by atoms with Gasteiger partial charge in [-0.15, -0.1) is 0 Å². The fourth-order valence-electron chi connectivity index (χ4n) is 1.63. The normalized spacial score (nSPS) is 10.8. The minimum atomic E-state index is 0.682. The van der Waals surface area contributed by atoms with Crippen molar-refractivity contribution in [1.29, 1.82) is 0 Å². The first-order valence-electron chi connectivity index (χ1n) is 6.41. The number of nitrogens with one attached hydrogen (secondary N) is 1. The molecule has 1 N–H and O–H groups in total. The number of aryl methyl sites for hydroxylation is 1. The Balaban J connectivity index is 2.64. The van der Waals surface area contributed by atoms with Crippen LogP contribution in [-0.2, 0) is 0 Å². The van der Waals surface area contributed by atoms with Gasteiger partial charge in [-0.25, -0.2) is 4.98 Å². The number of nitrogens with zero attached hydrogens (tertiary/aromatic N) is 3. The Morgan fingerprint density at radius 1 is 1.22 bits per heavy atom. The van der Waals surface area contributed by atoms with Gasteiger partial charge in [-0.2, -0.15) is 4.98 Å². The fourth-order valence-corrected chi connectivity index (χ4v) is 1.63. The summed E-state index contributed by atoms with van der Waals surface area (Å²) in [6.07, 6.45) is 0.992. The molecule has 1 aromatic heterocycles. The van der Waals surface area contributed by atoms with E-state index in [2.05, 4.69) is 41.2 Å². The SMILES string of the molecule is CCNc1nc(C)nc(OCCCN(C)C)c1C. The van der Waals surface area contributed by atoms with Gasteiger partial charge in [0.05, 0.1) is 12.2 Å². The molecule has 0 saturated heterocycles. The molecule has 1 heterocycles. The molecule has 0 atom stereocenters. The number of ether oxygens (including phenoxy) is 1. The molecule has 5 nitrogen and oxygen atoms in total. The molecule has 1 rings (SSSR count). The van der Waals surface area contributed by atoms with Gasteiger partial charge in [0.15, 0.2) is 0 Å². The minimum Gasteiger partial charge on any atom is -0.477 e. The summed E-state index contributed by atoms with van der Waals surface area (Å²) in [5.74, 6) is 2.30. The van der Waals surface area contributed by atoms with Crippen molar-refractivity contribution in [2.75, 3.05) is 39.1 Å². The molecule has 18 heavy (non-hydrogen) atoms. The Kier molecular flexibility index (Phi) is 5.85. The first kappa shape index (κ1) is 14.7. The summed E-state index contributed by atoms with van der Waals surface area (Å²) in [7, 11) is 4.12. The standard InChI is InChI=1S/C13H24N4O/c1-6-14-12-10(2)13(16-11(3)15-12)18-9-7-8-17(4)5/h6-9H2,1-5H3,(H,14,15,16).